The summed E-state index contributed by atoms with van der Waals surface area (Å²) in [5.41, 5.74) is 5.64. The predicted molar refractivity (Wildman–Crippen MR) is 157 cm³/mol. The van der Waals surface area contributed by atoms with Gasteiger partial charge in [0.15, 0.2) is 4.80 Å². The second-order valence-electron chi connectivity index (χ2n) is 8.72. The number of benzene rings is 4. The Morgan fingerprint density at radius 2 is 1.24 bits per heavy atom. The molecule has 0 amide bonds. The van der Waals surface area contributed by atoms with Crippen molar-refractivity contribution in [3.63, 3.8) is 0 Å². The fraction of sp³-hybridized carbons (Fsp3) is 0.100. The molecule has 0 N–H and O–H groups in total. The summed E-state index contributed by atoms with van der Waals surface area (Å²) < 4.78 is 19.9. The molecule has 5 rings (SSSR count). The van der Waals surface area contributed by atoms with Crippen LogP contribution in [0.1, 0.15) is 16.7 Å². The molecule has 0 atom stereocenters. The molecule has 186 valence electrons. The highest BCUT2D eigenvalue weighted by atomic mass is 32.5. The van der Waals surface area contributed by atoms with Gasteiger partial charge >= 0.3 is 6.64 Å². The third kappa shape index (κ3) is 6.47. The van der Waals surface area contributed by atoms with Gasteiger partial charge in [0.2, 0.25) is 0 Å². The molecule has 5 aromatic rings. The van der Waals surface area contributed by atoms with Crippen LogP contribution in [0.15, 0.2) is 119 Å². The van der Waals surface area contributed by atoms with Gasteiger partial charge in [0, 0.05) is 17.2 Å². The molecule has 1 heterocycles. The average molecular weight is 543 g/mol. The van der Waals surface area contributed by atoms with Gasteiger partial charge in [-0.15, -0.1) is 11.3 Å². The molecule has 7 heteroatoms. The van der Waals surface area contributed by atoms with Gasteiger partial charge in [0.05, 0.1) is 12.2 Å². The van der Waals surface area contributed by atoms with Crippen LogP contribution in [0, 0.1) is 13.8 Å². The minimum atomic E-state index is -3.18. The quantitative estimate of drug-likeness (QED) is 0.186. The Morgan fingerprint density at radius 3 is 1.78 bits per heavy atom. The summed E-state index contributed by atoms with van der Waals surface area (Å²) in [7, 11) is 0. The molecule has 0 saturated heterocycles. The first-order valence-corrected chi connectivity index (χ1v) is 15.4. The number of hydrogen-bond acceptors (Lipinski definition) is 4. The highest BCUT2D eigenvalue weighted by molar-refractivity contribution is 8.09. The fourth-order valence-electron chi connectivity index (χ4n) is 3.80. The van der Waals surface area contributed by atoms with Gasteiger partial charge in [-0.3, -0.25) is 0 Å². The molecular formula is C30H27N2O2PS2. The Morgan fingerprint density at radius 1 is 0.730 bits per heavy atom. The lowest BCUT2D eigenvalue weighted by molar-refractivity contribution is 0.485. The number of aryl methyl sites for hydroxylation is 2. The summed E-state index contributed by atoms with van der Waals surface area (Å²) in [6, 6.07) is 36.3. The molecule has 0 unspecified atom stereocenters. The van der Waals surface area contributed by atoms with Gasteiger partial charge in [0.25, 0.3) is 0 Å². The molecule has 4 aromatic carbocycles. The lowest BCUT2D eigenvalue weighted by atomic mass is 10.1. The first kappa shape index (κ1) is 25.2. The first-order valence-electron chi connectivity index (χ1n) is 11.9. The molecule has 1 aromatic heterocycles. The van der Waals surface area contributed by atoms with E-state index < -0.39 is 6.64 Å². The van der Waals surface area contributed by atoms with E-state index in [0.29, 0.717) is 18.0 Å². The van der Waals surface area contributed by atoms with E-state index in [1.807, 2.05) is 98.8 Å². The zero-order valence-corrected chi connectivity index (χ0v) is 23.2. The van der Waals surface area contributed by atoms with Crippen molar-refractivity contribution in [3.8, 4) is 22.8 Å². The number of hydrogen-bond donors (Lipinski definition) is 0. The van der Waals surface area contributed by atoms with Gasteiger partial charge in [-0.1, -0.05) is 96.1 Å². The second kappa shape index (κ2) is 11.3. The number of rotatable bonds is 8. The Kier molecular flexibility index (Phi) is 7.71. The van der Waals surface area contributed by atoms with Gasteiger partial charge in [0.1, 0.15) is 11.5 Å². The smallest absolute Gasteiger partial charge is 0.416 e. The molecule has 4 nitrogen and oxygen atoms in total. The maximum Gasteiger partial charge on any atom is 0.416 e. The van der Waals surface area contributed by atoms with Gasteiger partial charge in [-0.25, -0.2) is 0 Å². The van der Waals surface area contributed by atoms with E-state index in [-0.39, 0.29) is 0 Å². The summed E-state index contributed by atoms with van der Waals surface area (Å²) in [6.45, 7) is 1.55. The van der Waals surface area contributed by atoms with E-state index in [2.05, 4.69) is 34.2 Å². The zero-order valence-electron chi connectivity index (χ0n) is 20.7. The van der Waals surface area contributed by atoms with Crippen LogP contribution in [0.5, 0.6) is 11.5 Å². The summed E-state index contributed by atoms with van der Waals surface area (Å²) in [5.74, 6) is 1.28. The lowest BCUT2D eigenvalue weighted by Gasteiger charge is -2.20. The standard InChI is InChI=1S/C30H27N2O2PS2/c1-23-13-17-27(18-14-23)33-35(36,34-28-19-15-24(2)16-20-28)31-30-32(21-25-9-5-3-6-10-25)29(22-37-30)26-11-7-4-8-12-26/h3-20,22H,21H2,1-2H3/b31-30-. The Bertz CT molecular complexity index is 1530. The normalized spacial score (nSPS) is 11.9. The molecule has 0 bridgehead atoms. The highest BCUT2D eigenvalue weighted by Crippen LogP contribution is 2.50. The summed E-state index contributed by atoms with van der Waals surface area (Å²) in [6.07, 6.45) is 0. The van der Waals surface area contributed by atoms with E-state index in [4.69, 9.17) is 25.6 Å². The van der Waals surface area contributed by atoms with Crippen LogP contribution in [-0.4, -0.2) is 4.57 Å². The van der Waals surface area contributed by atoms with Crippen molar-refractivity contribution in [3.05, 3.63) is 136 Å². The minimum Gasteiger partial charge on any atom is -0.419 e. The summed E-state index contributed by atoms with van der Waals surface area (Å²) in [5, 5.41) is 2.12. The van der Waals surface area contributed by atoms with Crippen molar-refractivity contribution < 1.29 is 9.05 Å². The zero-order chi connectivity index (χ0) is 25.7. The molecule has 0 fully saturated rings. The third-order valence-electron chi connectivity index (χ3n) is 5.74. The van der Waals surface area contributed by atoms with Gasteiger partial charge in [-0.05, 0) is 49.2 Å². The Labute approximate surface area is 226 Å². The molecule has 0 spiro atoms. The van der Waals surface area contributed by atoms with Crippen LogP contribution in [0.4, 0.5) is 0 Å². The maximum absolute atomic E-state index is 6.35. The highest BCUT2D eigenvalue weighted by Gasteiger charge is 2.24. The van der Waals surface area contributed by atoms with Crippen LogP contribution >= 0.6 is 18.0 Å². The van der Waals surface area contributed by atoms with Crippen LogP contribution in [-0.2, 0) is 18.4 Å². The van der Waals surface area contributed by atoms with E-state index in [1.165, 1.54) is 5.56 Å². The number of aromatic nitrogens is 1. The molecule has 37 heavy (non-hydrogen) atoms. The minimum absolute atomic E-state index is 0.638. The van der Waals surface area contributed by atoms with Crippen molar-refractivity contribution >= 4 is 29.8 Å². The molecule has 0 aliphatic rings. The van der Waals surface area contributed by atoms with Crippen LogP contribution in [0.25, 0.3) is 11.3 Å². The SMILES string of the molecule is Cc1ccc(OP(=S)(/N=c2\scc(-c3ccccc3)n2Cc2ccccc2)Oc2ccc(C)cc2)cc1. The van der Waals surface area contributed by atoms with Crippen molar-refractivity contribution in [2.45, 2.75) is 20.4 Å². The summed E-state index contributed by atoms with van der Waals surface area (Å²) in [4.78, 5) is 0.755. The van der Waals surface area contributed by atoms with Crippen LogP contribution < -0.4 is 13.8 Å². The molecule has 0 saturated carbocycles. The Hall–Kier alpha value is -3.44. The van der Waals surface area contributed by atoms with Crippen molar-refractivity contribution in [2.75, 3.05) is 0 Å². The monoisotopic (exact) mass is 542 g/mol. The van der Waals surface area contributed by atoms with E-state index >= 15 is 0 Å². The maximum atomic E-state index is 6.35. The van der Waals surface area contributed by atoms with Crippen molar-refractivity contribution in [1.29, 1.82) is 0 Å². The number of thiazole rings is 1. The van der Waals surface area contributed by atoms with E-state index in [9.17, 15) is 0 Å². The molecule has 0 radical (unpaired) electrons. The predicted octanol–water partition coefficient (Wildman–Crippen LogP) is 8.16. The summed E-state index contributed by atoms with van der Waals surface area (Å²) >= 11 is 7.60. The van der Waals surface area contributed by atoms with Gasteiger partial charge < -0.3 is 13.6 Å². The van der Waals surface area contributed by atoms with Crippen LogP contribution in [0.3, 0.4) is 0 Å². The second-order valence-corrected chi connectivity index (χ2v) is 12.4. The largest absolute Gasteiger partial charge is 0.419 e. The van der Waals surface area contributed by atoms with Crippen molar-refractivity contribution in [1.82, 2.24) is 4.57 Å². The third-order valence-corrected chi connectivity index (χ3v) is 8.75. The topological polar surface area (TPSA) is 35.8 Å². The molecule has 0 aliphatic carbocycles. The Balaban J connectivity index is 1.62. The van der Waals surface area contributed by atoms with Crippen LogP contribution in [0.2, 0.25) is 0 Å². The molecule has 0 aliphatic heterocycles. The van der Waals surface area contributed by atoms with Crippen molar-refractivity contribution in [2.24, 2.45) is 4.76 Å². The molecular weight excluding hydrogens is 515 g/mol. The average Bonchev–Trinajstić information content (AvgIpc) is 3.29. The fourth-order valence-corrected chi connectivity index (χ4v) is 7.19. The van der Waals surface area contributed by atoms with E-state index in [1.54, 1.807) is 11.3 Å². The van der Waals surface area contributed by atoms with E-state index in [0.717, 1.165) is 27.2 Å². The number of nitrogens with zero attached hydrogens (tertiary/aromatic N) is 2. The van der Waals surface area contributed by atoms with Gasteiger partial charge in [-0.2, -0.15) is 4.76 Å². The first-order chi connectivity index (χ1) is 18.0. The lowest BCUT2D eigenvalue weighted by Crippen LogP contribution is -2.18.